The Kier molecular flexibility index (Phi) is 8.37. The zero-order chi connectivity index (χ0) is 29.1. The predicted octanol–water partition coefficient (Wildman–Crippen LogP) is 4.22. The molecule has 3 heterocycles. The number of carbonyl (C=O) groups excluding carboxylic acids is 3. The third kappa shape index (κ3) is 5.83. The molecule has 214 valence electrons. The fourth-order valence-electron chi connectivity index (χ4n) is 5.74. The molecule has 4 aromatic rings. The van der Waals surface area contributed by atoms with Gasteiger partial charge in [-0.05, 0) is 56.5 Å². The Morgan fingerprint density at radius 2 is 1.66 bits per heavy atom. The lowest BCUT2D eigenvalue weighted by molar-refractivity contribution is -0.149. The summed E-state index contributed by atoms with van der Waals surface area (Å²) >= 11 is 1.61. The van der Waals surface area contributed by atoms with Crippen LogP contribution in [0.4, 0.5) is 0 Å². The summed E-state index contributed by atoms with van der Waals surface area (Å²) in [5.41, 5.74) is 2.38. The van der Waals surface area contributed by atoms with Gasteiger partial charge in [0.15, 0.2) is 0 Å². The second kappa shape index (κ2) is 12.0. The van der Waals surface area contributed by atoms with E-state index >= 15 is 0 Å². The number of Topliss-reactive ketones (excluding diaryl/α,β-unsaturated/α-hetero) is 1. The molecule has 0 spiro atoms. The summed E-state index contributed by atoms with van der Waals surface area (Å²) in [5, 5.41) is 13.7. The minimum atomic E-state index is -1.45. The number of hydrogen-bond donors (Lipinski definition) is 2. The van der Waals surface area contributed by atoms with E-state index in [1.807, 2.05) is 61.5 Å². The molecule has 0 aliphatic carbocycles. The van der Waals surface area contributed by atoms with Gasteiger partial charge in [0.1, 0.15) is 17.7 Å². The smallest absolute Gasteiger partial charge is 0.252 e. The number of carbonyl (C=O) groups is 3. The van der Waals surface area contributed by atoms with Crippen molar-refractivity contribution in [3.05, 3.63) is 87.9 Å². The summed E-state index contributed by atoms with van der Waals surface area (Å²) in [7, 11) is 0. The molecule has 1 saturated heterocycles. The van der Waals surface area contributed by atoms with Crippen molar-refractivity contribution in [1.82, 2.24) is 19.8 Å². The number of amides is 2. The van der Waals surface area contributed by atoms with E-state index < -0.39 is 23.3 Å². The van der Waals surface area contributed by atoms with Crippen LogP contribution in [0, 0.1) is 12.8 Å². The van der Waals surface area contributed by atoms with Crippen molar-refractivity contribution in [2.75, 3.05) is 13.1 Å². The first-order valence-corrected chi connectivity index (χ1v) is 14.8. The molecule has 1 aliphatic heterocycles. The van der Waals surface area contributed by atoms with Crippen LogP contribution in [0.5, 0.6) is 0 Å². The molecule has 1 aliphatic rings. The van der Waals surface area contributed by atoms with Crippen molar-refractivity contribution in [1.29, 1.82) is 0 Å². The van der Waals surface area contributed by atoms with Gasteiger partial charge < -0.3 is 19.9 Å². The van der Waals surface area contributed by atoms with Gasteiger partial charge in [-0.1, -0.05) is 49.4 Å². The maximum atomic E-state index is 13.1. The van der Waals surface area contributed by atoms with Crippen molar-refractivity contribution < 1.29 is 19.5 Å². The van der Waals surface area contributed by atoms with Gasteiger partial charge in [0.25, 0.3) is 5.91 Å². The molecule has 9 heteroatoms. The van der Waals surface area contributed by atoms with Gasteiger partial charge in [-0.2, -0.15) is 0 Å². The SMILES string of the molecule is CC(=O)C1(c2ccccc2)CCN(C(=O)C(O)[C@@H](C)C(=O)NCc2ccc(Cn3c(C)nc4ccccc43)s2)CC1. The molecular formula is C32H36N4O4S. The maximum absolute atomic E-state index is 13.1. The van der Waals surface area contributed by atoms with Gasteiger partial charge in [-0.3, -0.25) is 14.4 Å². The van der Waals surface area contributed by atoms with Gasteiger partial charge in [-0.15, -0.1) is 11.3 Å². The van der Waals surface area contributed by atoms with Crippen molar-refractivity contribution in [2.24, 2.45) is 5.92 Å². The Bertz CT molecular complexity index is 1550. The number of benzene rings is 2. The zero-order valence-corrected chi connectivity index (χ0v) is 24.5. The number of para-hydroxylation sites is 2. The molecule has 41 heavy (non-hydrogen) atoms. The standard InChI is InChI=1S/C32H36N4O4S/c1-21(29(38)31(40)35-17-15-32(16-18-35,22(2)37)24-9-5-4-6-10-24)30(39)33-19-25-13-14-26(41-25)20-36-23(3)34-27-11-7-8-12-28(27)36/h4-14,21,29,38H,15-20H2,1-3H3,(H,33,39)/t21-,29?/m1/s1. The van der Waals surface area contributed by atoms with E-state index in [-0.39, 0.29) is 11.7 Å². The maximum Gasteiger partial charge on any atom is 0.252 e. The van der Waals surface area contributed by atoms with Crippen molar-refractivity contribution in [3.63, 3.8) is 0 Å². The summed E-state index contributed by atoms with van der Waals surface area (Å²) in [6, 6.07) is 21.8. The Hall–Kier alpha value is -3.82. The van der Waals surface area contributed by atoms with Crippen LogP contribution in [0.25, 0.3) is 11.0 Å². The fourth-order valence-corrected chi connectivity index (χ4v) is 6.69. The summed E-state index contributed by atoms with van der Waals surface area (Å²) in [5.74, 6) is -0.733. The van der Waals surface area contributed by atoms with Crippen molar-refractivity contribution >= 4 is 40.0 Å². The van der Waals surface area contributed by atoms with E-state index in [9.17, 15) is 19.5 Å². The molecule has 5 rings (SSSR count). The monoisotopic (exact) mass is 572 g/mol. The Balaban J connectivity index is 1.14. The number of aromatic nitrogens is 2. The fraction of sp³-hybridized carbons (Fsp3) is 0.375. The van der Waals surface area contributed by atoms with Gasteiger partial charge in [0.05, 0.1) is 35.5 Å². The molecule has 0 radical (unpaired) electrons. The molecular weight excluding hydrogens is 536 g/mol. The minimum absolute atomic E-state index is 0.0781. The number of piperidine rings is 1. The van der Waals surface area contributed by atoms with Gasteiger partial charge in [0.2, 0.25) is 5.91 Å². The average Bonchev–Trinajstić information content (AvgIpc) is 3.58. The lowest BCUT2D eigenvalue weighted by Gasteiger charge is -2.41. The van der Waals surface area contributed by atoms with E-state index in [1.165, 1.54) is 0 Å². The highest BCUT2D eigenvalue weighted by atomic mass is 32.1. The number of aryl methyl sites for hydroxylation is 1. The van der Waals surface area contributed by atoms with Crippen LogP contribution in [0.15, 0.2) is 66.7 Å². The number of rotatable bonds is 9. The highest BCUT2D eigenvalue weighted by Gasteiger charge is 2.42. The summed E-state index contributed by atoms with van der Waals surface area (Å²) in [4.78, 5) is 47.0. The summed E-state index contributed by atoms with van der Waals surface area (Å²) < 4.78 is 2.18. The summed E-state index contributed by atoms with van der Waals surface area (Å²) in [6.07, 6.45) is -0.478. The lowest BCUT2D eigenvalue weighted by atomic mass is 9.70. The van der Waals surface area contributed by atoms with Crippen molar-refractivity contribution in [2.45, 2.75) is 58.2 Å². The summed E-state index contributed by atoms with van der Waals surface area (Å²) in [6.45, 7) is 6.88. The third-order valence-electron chi connectivity index (χ3n) is 8.38. The molecule has 8 nitrogen and oxygen atoms in total. The third-order valence-corrected chi connectivity index (χ3v) is 9.45. The zero-order valence-electron chi connectivity index (χ0n) is 23.7. The molecule has 2 aromatic carbocycles. The van der Waals surface area contributed by atoms with E-state index in [4.69, 9.17) is 0 Å². The molecule has 2 atom stereocenters. The molecule has 0 saturated carbocycles. The first kappa shape index (κ1) is 28.7. The van der Waals surface area contributed by atoms with Crippen molar-refractivity contribution in [3.8, 4) is 0 Å². The number of thiophene rings is 1. The van der Waals surface area contributed by atoms with Crippen LogP contribution >= 0.6 is 11.3 Å². The highest BCUT2D eigenvalue weighted by Crippen LogP contribution is 2.36. The van der Waals surface area contributed by atoms with E-state index in [1.54, 1.807) is 30.1 Å². The quantitative estimate of drug-likeness (QED) is 0.313. The number of nitrogens with zero attached hydrogens (tertiary/aromatic N) is 3. The second-order valence-electron chi connectivity index (χ2n) is 10.9. The van der Waals surface area contributed by atoms with Crippen LogP contribution in [-0.4, -0.2) is 56.3 Å². The molecule has 0 bridgehead atoms. The predicted molar refractivity (Wildman–Crippen MR) is 160 cm³/mol. The van der Waals surface area contributed by atoms with Crippen LogP contribution in [0.1, 0.15) is 47.8 Å². The van der Waals surface area contributed by atoms with Crippen LogP contribution in [-0.2, 0) is 32.9 Å². The van der Waals surface area contributed by atoms with E-state index in [0.717, 1.165) is 32.2 Å². The topological polar surface area (TPSA) is 105 Å². The number of aliphatic hydroxyl groups excluding tert-OH is 1. The molecule has 2 N–H and O–H groups in total. The molecule has 1 fully saturated rings. The van der Waals surface area contributed by atoms with Gasteiger partial charge >= 0.3 is 0 Å². The second-order valence-corrected chi connectivity index (χ2v) is 12.1. The van der Waals surface area contributed by atoms with Crippen LogP contribution < -0.4 is 5.32 Å². The Labute approximate surface area is 244 Å². The van der Waals surface area contributed by atoms with Gasteiger partial charge in [0, 0.05) is 22.8 Å². The lowest BCUT2D eigenvalue weighted by Crippen LogP contribution is -2.52. The van der Waals surface area contributed by atoms with Crippen LogP contribution in [0.3, 0.4) is 0 Å². The number of hydrogen-bond acceptors (Lipinski definition) is 6. The Morgan fingerprint density at radius 1 is 1.00 bits per heavy atom. The van der Waals surface area contributed by atoms with E-state index in [0.29, 0.717) is 39.0 Å². The molecule has 2 amide bonds. The number of fused-ring (bicyclic) bond motifs is 1. The first-order chi connectivity index (χ1) is 19.7. The number of nitrogens with one attached hydrogen (secondary N) is 1. The number of aliphatic hydroxyl groups is 1. The molecule has 1 unspecified atom stereocenters. The minimum Gasteiger partial charge on any atom is -0.382 e. The van der Waals surface area contributed by atoms with Gasteiger partial charge in [-0.25, -0.2) is 4.98 Å². The number of ketones is 1. The van der Waals surface area contributed by atoms with E-state index in [2.05, 4.69) is 27.0 Å². The van der Waals surface area contributed by atoms with Crippen LogP contribution in [0.2, 0.25) is 0 Å². The number of imidazole rings is 1. The number of likely N-dealkylation sites (tertiary alicyclic amines) is 1. The average molecular weight is 573 g/mol. The highest BCUT2D eigenvalue weighted by molar-refractivity contribution is 7.12. The normalized spacial score (nSPS) is 16.3. The largest absolute Gasteiger partial charge is 0.382 e. The Morgan fingerprint density at radius 3 is 2.37 bits per heavy atom. The first-order valence-electron chi connectivity index (χ1n) is 14.0. The molecule has 2 aromatic heterocycles.